The van der Waals surface area contributed by atoms with Crippen LogP contribution in [0.3, 0.4) is 0 Å². The molecule has 1 unspecified atom stereocenters. The highest BCUT2D eigenvalue weighted by molar-refractivity contribution is 6.30. The Bertz CT molecular complexity index is 1390. The van der Waals surface area contributed by atoms with Gasteiger partial charge in [-0.3, -0.25) is 19.3 Å². The number of nitrogens with one attached hydrogen (secondary N) is 1. The summed E-state index contributed by atoms with van der Waals surface area (Å²) >= 11 is 6.54. The monoisotopic (exact) mass is 649 g/mol. The molecule has 0 radical (unpaired) electrons. The van der Waals surface area contributed by atoms with Gasteiger partial charge in [-0.15, -0.1) is 0 Å². The molecular formula is C37H52ClN5O3. The lowest BCUT2D eigenvalue weighted by Crippen LogP contribution is -2.56. The number of halogens is 1. The fourth-order valence-electron chi connectivity index (χ4n) is 6.54. The largest absolute Gasteiger partial charge is 0.344 e. The van der Waals surface area contributed by atoms with Crippen molar-refractivity contribution in [2.75, 3.05) is 54.9 Å². The Balaban J connectivity index is 1.64. The molecule has 1 N–H and O–H groups in total. The molecule has 2 aliphatic rings. The molecule has 2 aliphatic heterocycles. The first-order chi connectivity index (χ1) is 22.0. The van der Waals surface area contributed by atoms with Crippen LogP contribution >= 0.6 is 11.6 Å². The van der Waals surface area contributed by atoms with E-state index in [4.69, 9.17) is 11.6 Å². The van der Waals surface area contributed by atoms with Crippen LogP contribution in [-0.2, 0) is 20.8 Å². The van der Waals surface area contributed by atoms with Crippen LogP contribution in [0.2, 0.25) is 5.02 Å². The van der Waals surface area contributed by atoms with E-state index in [0.29, 0.717) is 18.0 Å². The number of carbonyl (C=O) groups is 3. The van der Waals surface area contributed by atoms with Gasteiger partial charge in [0.2, 0.25) is 17.7 Å². The molecule has 0 aromatic heterocycles. The maximum atomic E-state index is 14.1. The van der Waals surface area contributed by atoms with Crippen molar-refractivity contribution in [3.8, 4) is 11.1 Å². The summed E-state index contributed by atoms with van der Waals surface area (Å²) in [6.45, 7) is 4.32. The molecule has 0 saturated carbocycles. The summed E-state index contributed by atoms with van der Waals surface area (Å²) in [5, 5.41) is 3.51. The average molecular weight is 650 g/mol. The Kier molecular flexibility index (Phi) is 12.8. The second-order valence-corrected chi connectivity index (χ2v) is 13.8. The van der Waals surface area contributed by atoms with Gasteiger partial charge in [-0.2, -0.15) is 0 Å². The number of carbonyl (C=O) groups excluding carboxylic acids is 3. The predicted octanol–water partition coefficient (Wildman–Crippen LogP) is 5.34. The third kappa shape index (κ3) is 9.20. The Morgan fingerprint density at radius 1 is 0.870 bits per heavy atom. The molecule has 1 saturated heterocycles. The van der Waals surface area contributed by atoms with Gasteiger partial charge in [0.05, 0.1) is 6.04 Å². The summed E-state index contributed by atoms with van der Waals surface area (Å²) in [5.41, 5.74) is 5.48. The smallest absolute Gasteiger partial charge is 0.245 e. The zero-order chi connectivity index (χ0) is 33.4. The van der Waals surface area contributed by atoms with E-state index in [0.717, 1.165) is 74.7 Å². The summed E-state index contributed by atoms with van der Waals surface area (Å²) in [6.07, 6.45) is 9.28. The standard InChI is InChI=1S/C37H52ClN5O3/c1-26-36(45)43(6)34(37(46)42(5)21-11-9-7-8-10-12-33(40(2)3)35(44)39-26)25-30-24-31(38)17-18-32(30)29-15-13-27(14-16-29)28-19-22-41(4)23-20-28/h13-19,24,26,33-34H,7-12,20-23,25H2,1-6H3,(H,39,44)/t26?,33-,34-/m0/s1. The van der Waals surface area contributed by atoms with Gasteiger partial charge in [0, 0.05) is 45.2 Å². The van der Waals surface area contributed by atoms with Crippen molar-refractivity contribution in [1.29, 1.82) is 0 Å². The van der Waals surface area contributed by atoms with Gasteiger partial charge in [-0.25, -0.2) is 0 Å². The molecule has 2 aromatic rings. The molecular weight excluding hydrogens is 598 g/mol. The van der Waals surface area contributed by atoms with E-state index in [1.165, 1.54) is 16.0 Å². The first-order valence-electron chi connectivity index (χ1n) is 16.7. The number of benzene rings is 2. The molecule has 9 heteroatoms. The van der Waals surface area contributed by atoms with Crippen LogP contribution in [0.15, 0.2) is 48.5 Å². The molecule has 2 aromatic carbocycles. The fraction of sp³-hybridized carbons (Fsp3) is 0.541. The van der Waals surface area contributed by atoms with Crippen LogP contribution in [0, 0.1) is 0 Å². The number of amides is 3. The van der Waals surface area contributed by atoms with Crippen molar-refractivity contribution < 1.29 is 14.4 Å². The second-order valence-electron chi connectivity index (χ2n) is 13.3. The Labute approximate surface area is 280 Å². The fourth-order valence-corrected chi connectivity index (χ4v) is 6.74. The third-order valence-electron chi connectivity index (χ3n) is 9.56. The number of rotatable bonds is 5. The Hall–Kier alpha value is -3.20. The highest BCUT2D eigenvalue weighted by Crippen LogP contribution is 2.31. The number of hydrogen-bond acceptors (Lipinski definition) is 5. The molecule has 3 atom stereocenters. The summed E-state index contributed by atoms with van der Waals surface area (Å²) in [5.74, 6) is -0.588. The van der Waals surface area contributed by atoms with Crippen LogP contribution in [0.25, 0.3) is 16.7 Å². The molecule has 0 spiro atoms. The first-order valence-corrected chi connectivity index (χ1v) is 17.1. The third-order valence-corrected chi connectivity index (χ3v) is 9.80. The lowest BCUT2D eigenvalue weighted by Gasteiger charge is -2.34. The minimum absolute atomic E-state index is 0.122. The molecule has 3 amide bonds. The van der Waals surface area contributed by atoms with Crippen LogP contribution in [0.5, 0.6) is 0 Å². The Morgan fingerprint density at radius 2 is 1.54 bits per heavy atom. The van der Waals surface area contributed by atoms with Gasteiger partial charge < -0.3 is 20.0 Å². The average Bonchev–Trinajstić information content (AvgIpc) is 3.03. The highest BCUT2D eigenvalue weighted by atomic mass is 35.5. The van der Waals surface area contributed by atoms with Crippen LogP contribution < -0.4 is 5.32 Å². The van der Waals surface area contributed by atoms with E-state index in [2.05, 4.69) is 47.6 Å². The molecule has 250 valence electrons. The van der Waals surface area contributed by atoms with Crippen LogP contribution in [-0.4, -0.2) is 110 Å². The summed E-state index contributed by atoms with van der Waals surface area (Å²) in [4.78, 5) is 48.7. The van der Waals surface area contributed by atoms with Crippen molar-refractivity contribution in [2.45, 2.75) is 76.4 Å². The van der Waals surface area contributed by atoms with E-state index in [9.17, 15) is 14.4 Å². The van der Waals surface area contributed by atoms with Crippen LogP contribution in [0.4, 0.5) is 0 Å². The maximum absolute atomic E-state index is 14.1. The normalized spacial score (nSPS) is 23.4. The minimum Gasteiger partial charge on any atom is -0.344 e. The van der Waals surface area contributed by atoms with Gasteiger partial charge in [0.1, 0.15) is 12.1 Å². The van der Waals surface area contributed by atoms with E-state index in [1.807, 2.05) is 44.2 Å². The zero-order valence-electron chi connectivity index (χ0n) is 28.5. The van der Waals surface area contributed by atoms with Crippen LogP contribution in [0.1, 0.15) is 63.0 Å². The van der Waals surface area contributed by atoms with Crippen molar-refractivity contribution >= 4 is 34.9 Å². The van der Waals surface area contributed by atoms with Gasteiger partial charge >= 0.3 is 0 Å². The summed E-state index contributed by atoms with van der Waals surface area (Å²) in [7, 11) is 9.42. The zero-order valence-corrected chi connectivity index (χ0v) is 29.3. The quantitative estimate of drug-likeness (QED) is 0.473. The SMILES string of the molecule is CC1NC(=O)[C@@H](N(C)C)CCCCCCCN(C)C(=O)[C@H](Cc2cc(Cl)ccc2-c2ccc(C3=CCN(C)CC3)cc2)N(C)C1=O. The number of hydrogen-bond donors (Lipinski definition) is 1. The van der Waals surface area contributed by atoms with Crippen molar-refractivity contribution in [1.82, 2.24) is 24.9 Å². The van der Waals surface area contributed by atoms with Gasteiger partial charge in [0.25, 0.3) is 0 Å². The lowest BCUT2D eigenvalue weighted by molar-refractivity contribution is -0.145. The van der Waals surface area contributed by atoms with E-state index in [-0.39, 0.29) is 23.8 Å². The molecule has 1 fully saturated rings. The first kappa shape index (κ1) is 35.7. The van der Waals surface area contributed by atoms with Gasteiger partial charge in [-0.05, 0) is 87.3 Å². The van der Waals surface area contributed by atoms with Crippen molar-refractivity contribution in [2.24, 2.45) is 0 Å². The predicted molar refractivity (Wildman–Crippen MR) is 188 cm³/mol. The van der Waals surface area contributed by atoms with E-state index >= 15 is 0 Å². The second kappa shape index (κ2) is 16.6. The molecule has 0 bridgehead atoms. The van der Waals surface area contributed by atoms with Gasteiger partial charge in [-0.1, -0.05) is 73.7 Å². The van der Waals surface area contributed by atoms with E-state index in [1.54, 1.807) is 18.9 Å². The van der Waals surface area contributed by atoms with Crippen molar-refractivity contribution in [3.05, 3.63) is 64.7 Å². The lowest BCUT2D eigenvalue weighted by atomic mass is 9.92. The number of nitrogens with zero attached hydrogens (tertiary/aromatic N) is 4. The minimum atomic E-state index is -0.784. The molecule has 0 aliphatic carbocycles. The molecule has 46 heavy (non-hydrogen) atoms. The summed E-state index contributed by atoms with van der Waals surface area (Å²) < 4.78 is 0. The van der Waals surface area contributed by atoms with Crippen molar-refractivity contribution in [3.63, 3.8) is 0 Å². The van der Waals surface area contributed by atoms with E-state index < -0.39 is 12.1 Å². The summed E-state index contributed by atoms with van der Waals surface area (Å²) in [6, 6.07) is 12.5. The van der Waals surface area contributed by atoms with Gasteiger partial charge in [0.15, 0.2) is 0 Å². The molecule has 2 heterocycles. The number of likely N-dealkylation sites (N-methyl/N-ethyl adjacent to an activating group) is 4. The molecule has 8 nitrogen and oxygen atoms in total. The Morgan fingerprint density at radius 3 is 2.22 bits per heavy atom. The topological polar surface area (TPSA) is 76.2 Å². The maximum Gasteiger partial charge on any atom is 0.245 e. The molecule has 4 rings (SSSR count). The highest BCUT2D eigenvalue weighted by Gasteiger charge is 2.34.